The summed E-state index contributed by atoms with van der Waals surface area (Å²) in [6.07, 6.45) is 45.6. The van der Waals surface area contributed by atoms with Gasteiger partial charge in [0, 0.05) is 12.8 Å². The van der Waals surface area contributed by atoms with E-state index in [9.17, 15) is 14.7 Å². The first-order valence-corrected chi connectivity index (χ1v) is 18.1. The second-order valence-electron chi connectivity index (χ2n) is 11.9. The van der Waals surface area contributed by atoms with E-state index >= 15 is 0 Å². The van der Waals surface area contributed by atoms with Crippen molar-refractivity contribution in [2.45, 2.75) is 167 Å². The lowest BCUT2D eigenvalue weighted by Gasteiger charge is -2.14. The summed E-state index contributed by atoms with van der Waals surface area (Å²) in [5, 5.41) is 18.5. The number of esters is 1. The first-order valence-electron chi connectivity index (χ1n) is 18.1. The molecule has 5 nitrogen and oxygen atoms in total. The van der Waals surface area contributed by atoms with Gasteiger partial charge in [0.2, 0.25) is 0 Å². The smallest absolute Gasteiger partial charge is 0.306 e. The molecule has 0 aromatic rings. The zero-order valence-corrected chi connectivity index (χ0v) is 28.8. The number of aliphatic hydroxyl groups excluding tert-OH is 1. The molecule has 256 valence electrons. The average molecular weight is 627 g/mol. The third-order valence-electron chi connectivity index (χ3n) is 7.52. The molecule has 0 unspecified atom stereocenters. The number of ether oxygens (including phenoxy) is 1. The highest BCUT2D eigenvalue weighted by Gasteiger charge is 2.11. The van der Waals surface area contributed by atoms with Crippen LogP contribution in [0.25, 0.3) is 0 Å². The van der Waals surface area contributed by atoms with Crippen LogP contribution in [0.1, 0.15) is 155 Å². The summed E-state index contributed by atoms with van der Waals surface area (Å²) in [5.41, 5.74) is 0. The topological polar surface area (TPSA) is 83.8 Å². The van der Waals surface area contributed by atoms with Gasteiger partial charge in [0.1, 0.15) is 6.10 Å². The number of hydrogen-bond acceptors (Lipinski definition) is 4. The summed E-state index contributed by atoms with van der Waals surface area (Å²) >= 11 is 0. The Balaban J connectivity index is 4.06. The van der Waals surface area contributed by atoms with Crippen molar-refractivity contribution >= 4 is 11.9 Å². The van der Waals surface area contributed by atoms with Gasteiger partial charge in [-0.25, -0.2) is 0 Å². The Kier molecular flexibility index (Phi) is 32.2. The van der Waals surface area contributed by atoms with E-state index in [-0.39, 0.29) is 24.6 Å². The summed E-state index contributed by atoms with van der Waals surface area (Å²) < 4.78 is 5.80. The molecule has 0 fully saturated rings. The molecule has 2 N–H and O–H groups in total. The van der Waals surface area contributed by atoms with E-state index in [4.69, 9.17) is 9.84 Å². The molecular formula is C40H66O5. The minimum absolute atomic E-state index is 0.0924. The molecule has 0 saturated carbocycles. The van der Waals surface area contributed by atoms with Gasteiger partial charge in [-0.2, -0.15) is 0 Å². The summed E-state index contributed by atoms with van der Waals surface area (Å²) in [7, 11) is 0. The van der Waals surface area contributed by atoms with Crippen LogP contribution in [0.5, 0.6) is 0 Å². The molecule has 0 amide bonds. The van der Waals surface area contributed by atoms with E-state index in [0.717, 1.165) is 116 Å². The third kappa shape index (κ3) is 34.1. The molecule has 0 aromatic heterocycles. The largest absolute Gasteiger partial charge is 0.481 e. The first kappa shape index (κ1) is 42.3. The van der Waals surface area contributed by atoms with Crippen molar-refractivity contribution < 1.29 is 24.5 Å². The Hall–Kier alpha value is -2.66. The van der Waals surface area contributed by atoms with Gasteiger partial charge >= 0.3 is 11.9 Å². The lowest BCUT2D eigenvalue weighted by Crippen LogP contribution is -2.16. The number of carbonyl (C=O) groups excluding carboxylic acids is 1. The normalized spacial score (nSPS) is 13.8. The fourth-order valence-corrected chi connectivity index (χ4v) is 4.77. The quantitative estimate of drug-likeness (QED) is 0.0346. The number of unbranched alkanes of at least 4 members (excludes halogenated alkanes) is 12. The van der Waals surface area contributed by atoms with Crippen molar-refractivity contribution in [2.75, 3.05) is 0 Å². The molecule has 45 heavy (non-hydrogen) atoms. The van der Waals surface area contributed by atoms with E-state index in [1.165, 1.54) is 12.8 Å². The standard InChI is InChI=1S/C40H66O5/c1-3-5-25-31-37(41)32-27-21-17-13-9-7-12-16-20-24-30-36-40(44)45-38(33-26-6-4-2)34-28-22-18-14-10-8-11-15-19-23-29-35-39(42)43/h7-10,17-18,21-22,27-28,32,34,37-38,41H,3-6,11-16,19-20,23-26,29-31,33,35-36H2,1-2H3,(H,42,43)/b9-7-,10-8-,21-17-,22-18-,32-27+,34-28+/t37-,38-/m0/s1. The number of hydrogen-bond donors (Lipinski definition) is 2. The molecule has 0 aliphatic carbocycles. The van der Waals surface area contributed by atoms with Crippen LogP contribution in [0.3, 0.4) is 0 Å². The molecule has 0 spiro atoms. The minimum atomic E-state index is -0.706. The second kappa shape index (κ2) is 34.2. The average Bonchev–Trinajstić information content (AvgIpc) is 3.01. The zero-order chi connectivity index (χ0) is 33.1. The first-order chi connectivity index (χ1) is 22.0. The molecule has 5 heteroatoms. The van der Waals surface area contributed by atoms with Gasteiger partial charge in [-0.1, -0.05) is 138 Å². The Morgan fingerprint density at radius 3 is 1.69 bits per heavy atom. The van der Waals surface area contributed by atoms with E-state index in [2.05, 4.69) is 50.3 Å². The molecule has 0 rings (SSSR count). The van der Waals surface area contributed by atoms with Crippen LogP contribution < -0.4 is 0 Å². The Labute approximate surface area is 276 Å². The van der Waals surface area contributed by atoms with Crippen molar-refractivity contribution in [3.8, 4) is 0 Å². The minimum Gasteiger partial charge on any atom is -0.481 e. The van der Waals surface area contributed by atoms with Crippen LogP contribution in [0, 0.1) is 0 Å². The second-order valence-corrected chi connectivity index (χ2v) is 11.9. The van der Waals surface area contributed by atoms with Crippen molar-refractivity contribution in [2.24, 2.45) is 0 Å². The van der Waals surface area contributed by atoms with Gasteiger partial charge in [0.15, 0.2) is 0 Å². The molecule has 0 radical (unpaired) electrons. The number of carboxylic acids is 1. The maximum absolute atomic E-state index is 12.5. The molecule has 2 atom stereocenters. The van der Waals surface area contributed by atoms with Crippen LogP contribution in [0.15, 0.2) is 72.9 Å². The highest BCUT2D eigenvalue weighted by molar-refractivity contribution is 5.69. The summed E-state index contributed by atoms with van der Waals surface area (Å²) in [6, 6.07) is 0. The maximum Gasteiger partial charge on any atom is 0.306 e. The van der Waals surface area contributed by atoms with Crippen LogP contribution in [0.4, 0.5) is 0 Å². The van der Waals surface area contributed by atoms with Gasteiger partial charge < -0.3 is 14.9 Å². The lowest BCUT2D eigenvalue weighted by molar-refractivity contribution is -0.147. The van der Waals surface area contributed by atoms with E-state index in [0.29, 0.717) is 6.42 Å². The fourth-order valence-electron chi connectivity index (χ4n) is 4.77. The summed E-state index contributed by atoms with van der Waals surface area (Å²) in [4.78, 5) is 23.0. The maximum atomic E-state index is 12.5. The lowest BCUT2D eigenvalue weighted by atomic mass is 10.1. The van der Waals surface area contributed by atoms with Crippen molar-refractivity contribution in [3.63, 3.8) is 0 Å². The number of aliphatic carboxylic acids is 1. The van der Waals surface area contributed by atoms with Crippen LogP contribution in [0.2, 0.25) is 0 Å². The number of carbonyl (C=O) groups is 2. The predicted molar refractivity (Wildman–Crippen MR) is 191 cm³/mol. The molecule has 0 aliphatic rings. The van der Waals surface area contributed by atoms with Crippen molar-refractivity contribution in [1.82, 2.24) is 0 Å². The van der Waals surface area contributed by atoms with Crippen LogP contribution in [-0.2, 0) is 14.3 Å². The van der Waals surface area contributed by atoms with Crippen molar-refractivity contribution in [1.29, 1.82) is 0 Å². The van der Waals surface area contributed by atoms with Gasteiger partial charge in [-0.05, 0) is 76.7 Å². The molecule has 0 heterocycles. The summed E-state index contributed by atoms with van der Waals surface area (Å²) in [5.74, 6) is -0.798. The number of rotatable bonds is 31. The monoisotopic (exact) mass is 626 g/mol. The number of allylic oxidation sites excluding steroid dienone is 10. The van der Waals surface area contributed by atoms with Gasteiger partial charge in [0.25, 0.3) is 0 Å². The van der Waals surface area contributed by atoms with Crippen LogP contribution >= 0.6 is 0 Å². The Bertz CT molecular complexity index is 864. The molecule has 0 aromatic carbocycles. The zero-order valence-electron chi connectivity index (χ0n) is 28.8. The molecule has 0 bridgehead atoms. The summed E-state index contributed by atoms with van der Waals surface area (Å²) in [6.45, 7) is 4.35. The fraction of sp³-hybridized carbons (Fsp3) is 0.650. The van der Waals surface area contributed by atoms with Gasteiger partial charge in [0.05, 0.1) is 6.10 Å². The number of aliphatic hydroxyl groups is 1. The SMILES string of the molecule is CCCCC[C@H](O)/C=C/C=C\C/C=C\CCCCCCC(=O)O[C@H](/C=C/C=C\C/C=C\CCCCCCC(=O)O)CCCCC. The Morgan fingerprint density at radius 1 is 0.578 bits per heavy atom. The van der Waals surface area contributed by atoms with Crippen LogP contribution in [-0.4, -0.2) is 34.4 Å². The van der Waals surface area contributed by atoms with Gasteiger partial charge in [-0.15, -0.1) is 0 Å². The predicted octanol–water partition coefficient (Wildman–Crippen LogP) is 11.3. The molecular weight excluding hydrogens is 560 g/mol. The van der Waals surface area contributed by atoms with E-state index in [1.807, 2.05) is 36.5 Å². The van der Waals surface area contributed by atoms with E-state index in [1.54, 1.807) is 0 Å². The number of carboxylic acid groups (broad SMARTS) is 1. The van der Waals surface area contributed by atoms with Crippen molar-refractivity contribution in [3.05, 3.63) is 72.9 Å². The molecule has 0 saturated heterocycles. The Morgan fingerprint density at radius 2 is 1.11 bits per heavy atom. The van der Waals surface area contributed by atoms with Gasteiger partial charge in [-0.3, -0.25) is 9.59 Å². The third-order valence-corrected chi connectivity index (χ3v) is 7.52. The highest BCUT2D eigenvalue weighted by atomic mass is 16.5. The van der Waals surface area contributed by atoms with E-state index < -0.39 is 5.97 Å². The molecule has 0 aliphatic heterocycles. The highest BCUT2D eigenvalue weighted by Crippen LogP contribution is 2.13.